The first-order chi connectivity index (χ1) is 8.06. The third kappa shape index (κ3) is 1.66. The summed E-state index contributed by atoms with van der Waals surface area (Å²) >= 11 is 0. The fourth-order valence-electron chi connectivity index (χ4n) is 2.13. The van der Waals surface area contributed by atoms with Crippen LogP contribution >= 0.6 is 0 Å². The van der Waals surface area contributed by atoms with Crippen LogP contribution in [0.1, 0.15) is 23.9 Å². The maximum atomic E-state index is 11.8. The molecule has 0 amide bonds. The molecule has 2 aromatic rings. The third-order valence-corrected chi connectivity index (χ3v) is 5.16. The zero-order valence-corrected chi connectivity index (χ0v) is 9.89. The van der Waals surface area contributed by atoms with Gasteiger partial charge in [0.1, 0.15) is 5.25 Å². The number of anilines is 1. The molecule has 1 aliphatic rings. The van der Waals surface area contributed by atoms with Crippen molar-refractivity contribution >= 4 is 21.2 Å². The molecule has 0 aliphatic carbocycles. The van der Waals surface area contributed by atoms with Gasteiger partial charge in [-0.15, -0.1) is 5.10 Å². The molecule has 0 bridgehead atoms. The van der Waals surface area contributed by atoms with Gasteiger partial charge in [-0.1, -0.05) is 0 Å². The van der Waals surface area contributed by atoms with E-state index in [0.717, 1.165) is 0 Å². The highest BCUT2D eigenvalue weighted by Crippen LogP contribution is 2.32. The quantitative estimate of drug-likeness (QED) is 0.801. The lowest BCUT2D eigenvalue weighted by Crippen LogP contribution is -2.09. The Kier molecular flexibility index (Phi) is 2.12. The fourth-order valence-corrected chi connectivity index (χ4v) is 3.93. The molecule has 1 unspecified atom stereocenters. The van der Waals surface area contributed by atoms with Gasteiger partial charge in [0.25, 0.3) is 0 Å². The Morgan fingerprint density at radius 3 is 2.94 bits per heavy atom. The molecule has 7 heteroatoms. The second kappa shape index (κ2) is 3.43. The first-order valence-corrected chi connectivity index (χ1v) is 7.11. The molecule has 90 valence electrons. The largest absolute Gasteiger partial charge is 0.397 e. The Morgan fingerprint density at radius 2 is 2.24 bits per heavy atom. The van der Waals surface area contributed by atoms with Crippen LogP contribution in [-0.4, -0.2) is 28.8 Å². The second-order valence-corrected chi connectivity index (χ2v) is 6.54. The minimum atomic E-state index is -3.07. The summed E-state index contributed by atoms with van der Waals surface area (Å²) in [5, 5.41) is 3.65. The monoisotopic (exact) mass is 252 g/mol. The van der Waals surface area contributed by atoms with Crippen LogP contribution in [-0.2, 0) is 9.84 Å². The van der Waals surface area contributed by atoms with Gasteiger partial charge in [-0.25, -0.2) is 17.9 Å². The van der Waals surface area contributed by atoms with Crippen molar-refractivity contribution in [3.63, 3.8) is 0 Å². The summed E-state index contributed by atoms with van der Waals surface area (Å²) in [6.45, 7) is 0. The predicted molar refractivity (Wildman–Crippen MR) is 63.2 cm³/mol. The Morgan fingerprint density at radius 1 is 1.41 bits per heavy atom. The van der Waals surface area contributed by atoms with Crippen LogP contribution in [0.3, 0.4) is 0 Å². The van der Waals surface area contributed by atoms with E-state index in [-0.39, 0.29) is 5.75 Å². The van der Waals surface area contributed by atoms with Gasteiger partial charge in [0.15, 0.2) is 21.3 Å². The topological polar surface area (TPSA) is 90.3 Å². The van der Waals surface area contributed by atoms with E-state index in [4.69, 9.17) is 5.73 Å². The van der Waals surface area contributed by atoms with Gasteiger partial charge in [-0.3, -0.25) is 0 Å². The van der Waals surface area contributed by atoms with Gasteiger partial charge in [-0.05, 0) is 25.0 Å². The Bertz CT molecular complexity index is 677. The van der Waals surface area contributed by atoms with Gasteiger partial charge in [0, 0.05) is 0 Å². The van der Waals surface area contributed by atoms with E-state index >= 15 is 0 Å². The molecule has 1 saturated heterocycles. The van der Waals surface area contributed by atoms with E-state index in [0.29, 0.717) is 30.0 Å². The number of sulfone groups is 1. The average molecular weight is 252 g/mol. The summed E-state index contributed by atoms with van der Waals surface area (Å²) in [5.74, 6) is 0.614. The lowest BCUT2D eigenvalue weighted by atomic mass is 10.2. The molecule has 2 aromatic heterocycles. The maximum absolute atomic E-state index is 11.8. The van der Waals surface area contributed by atoms with Crippen molar-refractivity contribution in [2.24, 2.45) is 0 Å². The smallest absolute Gasteiger partial charge is 0.169 e. The molecule has 0 saturated carbocycles. The predicted octanol–water partition coefficient (Wildman–Crippen LogP) is 0.561. The average Bonchev–Trinajstić information content (AvgIpc) is 2.79. The van der Waals surface area contributed by atoms with Crippen molar-refractivity contribution in [1.29, 1.82) is 0 Å². The number of hydrogen-bond acceptors (Lipinski definition) is 5. The van der Waals surface area contributed by atoms with Gasteiger partial charge in [0.05, 0.1) is 17.6 Å². The van der Waals surface area contributed by atoms with Crippen molar-refractivity contribution in [3.05, 3.63) is 24.2 Å². The Labute approximate surface area is 98.4 Å². The standard InChI is InChI=1S/C10H12N4O2S/c11-7-3-4-9-12-10(13-14(9)6-7)8-2-1-5-17(8,15)16/h3-4,6,8H,1-2,5,11H2. The molecule has 6 nitrogen and oxygen atoms in total. The van der Waals surface area contributed by atoms with E-state index in [2.05, 4.69) is 10.1 Å². The Balaban J connectivity index is 2.12. The van der Waals surface area contributed by atoms with Crippen molar-refractivity contribution in [3.8, 4) is 0 Å². The SMILES string of the molecule is Nc1ccc2nc(C3CCCS3(=O)=O)nn2c1. The number of nitrogens with two attached hydrogens (primary N) is 1. The molecule has 1 fully saturated rings. The number of nitrogen functional groups attached to an aromatic ring is 1. The van der Waals surface area contributed by atoms with Crippen LogP contribution in [0.2, 0.25) is 0 Å². The molecular weight excluding hydrogens is 240 g/mol. The highest BCUT2D eigenvalue weighted by atomic mass is 32.2. The Hall–Kier alpha value is -1.63. The molecular formula is C10H12N4O2S. The number of hydrogen-bond donors (Lipinski definition) is 1. The number of aromatic nitrogens is 3. The summed E-state index contributed by atoms with van der Waals surface area (Å²) in [5.41, 5.74) is 6.83. The minimum Gasteiger partial charge on any atom is -0.397 e. The van der Waals surface area contributed by atoms with Crippen LogP contribution in [0.15, 0.2) is 18.3 Å². The van der Waals surface area contributed by atoms with Gasteiger partial charge in [-0.2, -0.15) is 0 Å². The highest BCUT2D eigenvalue weighted by Gasteiger charge is 2.35. The number of nitrogens with zero attached hydrogens (tertiary/aromatic N) is 3. The van der Waals surface area contributed by atoms with E-state index in [1.807, 2.05) is 0 Å². The zero-order chi connectivity index (χ0) is 12.0. The zero-order valence-electron chi connectivity index (χ0n) is 9.07. The minimum absolute atomic E-state index is 0.232. The molecule has 3 rings (SSSR count). The molecule has 1 atom stereocenters. The summed E-state index contributed by atoms with van der Waals surface area (Å²) in [6, 6.07) is 3.45. The molecule has 0 radical (unpaired) electrons. The molecule has 2 N–H and O–H groups in total. The van der Waals surface area contributed by atoms with Crippen molar-refractivity contribution < 1.29 is 8.42 Å². The van der Waals surface area contributed by atoms with E-state index in [9.17, 15) is 8.42 Å². The molecule has 3 heterocycles. The summed E-state index contributed by atoms with van der Waals surface area (Å²) in [6.07, 6.45) is 2.92. The molecule has 0 aromatic carbocycles. The molecule has 1 aliphatic heterocycles. The fraction of sp³-hybridized carbons (Fsp3) is 0.400. The van der Waals surface area contributed by atoms with Crippen molar-refractivity contribution in [2.45, 2.75) is 18.1 Å². The molecule has 17 heavy (non-hydrogen) atoms. The molecule has 0 spiro atoms. The first-order valence-electron chi connectivity index (χ1n) is 5.40. The van der Waals surface area contributed by atoms with Gasteiger partial charge >= 0.3 is 0 Å². The number of fused-ring (bicyclic) bond motifs is 1. The highest BCUT2D eigenvalue weighted by molar-refractivity contribution is 7.91. The van der Waals surface area contributed by atoms with E-state index in [1.54, 1.807) is 18.3 Å². The van der Waals surface area contributed by atoms with Gasteiger partial charge < -0.3 is 5.73 Å². The van der Waals surface area contributed by atoms with Crippen LogP contribution in [0.4, 0.5) is 5.69 Å². The normalized spacial score (nSPS) is 23.2. The summed E-state index contributed by atoms with van der Waals surface area (Å²) in [4.78, 5) is 4.25. The van der Waals surface area contributed by atoms with E-state index in [1.165, 1.54) is 4.52 Å². The second-order valence-electron chi connectivity index (χ2n) is 4.23. The van der Waals surface area contributed by atoms with Crippen molar-refractivity contribution in [1.82, 2.24) is 14.6 Å². The van der Waals surface area contributed by atoms with Crippen LogP contribution in [0.25, 0.3) is 5.65 Å². The van der Waals surface area contributed by atoms with Gasteiger partial charge in [0.2, 0.25) is 0 Å². The summed E-state index contributed by atoms with van der Waals surface area (Å²) < 4.78 is 25.1. The van der Waals surface area contributed by atoms with Crippen LogP contribution in [0.5, 0.6) is 0 Å². The first kappa shape index (κ1) is 10.5. The number of rotatable bonds is 1. The van der Waals surface area contributed by atoms with E-state index < -0.39 is 15.1 Å². The van der Waals surface area contributed by atoms with Crippen LogP contribution in [0, 0.1) is 0 Å². The lowest BCUT2D eigenvalue weighted by molar-refractivity contribution is 0.588. The third-order valence-electron chi connectivity index (χ3n) is 2.99. The van der Waals surface area contributed by atoms with Crippen LogP contribution < -0.4 is 5.73 Å². The number of pyridine rings is 1. The summed E-state index contributed by atoms with van der Waals surface area (Å²) in [7, 11) is -3.07. The lowest BCUT2D eigenvalue weighted by Gasteiger charge is -2.02. The van der Waals surface area contributed by atoms with Crippen molar-refractivity contribution in [2.75, 3.05) is 11.5 Å². The maximum Gasteiger partial charge on any atom is 0.169 e.